The number of hydrogen-bond donors (Lipinski definition) is 2. The molecule has 4 aromatic rings. The summed E-state index contributed by atoms with van der Waals surface area (Å²) in [5.74, 6) is -0.352. The van der Waals surface area contributed by atoms with E-state index in [1.54, 1.807) is 13.0 Å². The van der Waals surface area contributed by atoms with Crippen LogP contribution in [0.1, 0.15) is 22.5 Å². The Bertz CT molecular complexity index is 1640. The first-order valence-corrected chi connectivity index (χ1v) is 12.2. The van der Waals surface area contributed by atoms with Gasteiger partial charge in [-0.25, -0.2) is 19.3 Å². The number of pyridine rings is 2. The van der Waals surface area contributed by atoms with Crippen LogP contribution in [0.25, 0.3) is 11.6 Å². The van der Waals surface area contributed by atoms with Gasteiger partial charge in [-0.05, 0) is 49.2 Å². The number of halogens is 9. The van der Waals surface area contributed by atoms with Crippen molar-refractivity contribution in [2.45, 2.75) is 31.7 Å². The van der Waals surface area contributed by atoms with Gasteiger partial charge in [0.2, 0.25) is 0 Å². The van der Waals surface area contributed by atoms with Crippen LogP contribution in [0.5, 0.6) is 0 Å². The number of anilines is 2. The summed E-state index contributed by atoms with van der Waals surface area (Å²) in [5, 5.41) is 6.54. The second kappa shape index (κ2) is 10.9. The van der Waals surface area contributed by atoms with Crippen molar-refractivity contribution < 1.29 is 47.9 Å². The molecule has 0 fully saturated rings. The number of nitrogens with one attached hydrogen (secondary N) is 1. The van der Waals surface area contributed by atoms with Gasteiger partial charge < -0.3 is 5.73 Å². The molecule has 0 aliphatic carbocycles. The van der Waals surface area contributed by atoms with E-state index in [0.29, 0.717) is 10.7 Å². The molecule has 4 aromatic heterocycles. The van der Waals surface area contributed by atoms with Gasteiger partial charge in [-0.1, -0.05) is 0 Å². The van der Waals surface area contributed by atoms with E-state index in [9.17, 15) is 47.9 Å². The lowest BCUT2D eigenvalue weighted by Gasteiger charge is -2.14. The third-order valence-electron chi connectivity index (χ3n) is 4.78. The standard InChI is InChI=1S/C11H8F6N4O2S.C10H9F3N4/c1-6-4-7(20-24(22,23)11(15,16)17)9(18-5-6)21-3-2-8(19-21)10(12,13)14;1-6-4-7(14)9(15-5-6)17-3-2-8(16-17)10(11,12)13/h2-5,20H,1H3;2-5H,14H2,1H3. The fourth-order valence-electron chi connectivity index (χ4n) is 2.98. The van der Waals surface area contributed by atoms with Crippen molar-refractivity contribution in [2.24, 2.45) is 0 Å². The van der Waals surface area contributed by atoms with Crippen molar-refractivity contribution in [1.29, 1.82) is 0 Å². The van der Waals surface area contributed by atoms with Gasteiger partial charge in [-0.3, -0.25) is 4.72 Å². The van der Waals surface area contributed by atoms with E-state index in [1.807, 2.05) is 0 Å². The zero-order valence-corrected chi connectivity index (χ0v) is 21.3. The summed E-state index contributed by atoms with van der Waals surface area (Å²) < 4.78 is 137. The molecule has 10 nitrogen and oxygen atoms in total. The number of nitrogens with two attached hydrogens (primary N) is 1. The average molecular weight is 616 g/mol. The Labute approximate surface area is 224 Å². The number of sulfonamides is 1. The number of nitrogen functional groups attached to an aromatic ring is 1. The Balaban J connectivity index is 0.000000239. The Kier molecular flexibility index (Phi) is 8.29. The average Bonchev–Trinajstić information content (AvgIpc) is 3.49. The van der Waals surface area contributed by atoms with Gasteiger partial charge in [0.25, 0.3) is 0 Å². The molecule has 0 atom stereocenters. The number of aromatic nitrogens is 6. The van der Waals surface area contributed by atoms with E-state index >= 15 is 0 Å². The van der Waals surface area contributed by atoms with Crippen molar-refractivity contribution in [3.8, 4) is 11.6 Å². The zero-order chi connectivity index (χ0) is 31.0. The van der Waals surface area contributed by atoms with Crippen LogP contribution in [0.4, 0.5) is 50.9 Å². The molecule has 0 aliphatic rings. The van der Waals surface area contributed by atoms with Gasteiger partial charge in [0, 0.05) is 24.8 Å². The van der Waals surface area contributed by atoms with Crippen molar-refractivity contribution in [1.82, 2.24) is 29.5 Å². The lowest BCUT2D eigenvalue weighted by Crippen LogP contribution is -2.30. The molecule has 222 valence electrons. The van der Waals surface area contributed by atoms with Crippen LogP contribution in [0, 0.1) is 13.8 Å². The summed E-state index contributed by atoms with van der Waals surface area (Å²) in [6, 6.07) is 4.06. The van der Waals surface area contributed by atoms with Crippen LogP contribution in [0.2, 0.25) is 0 Å². The van der Waals surface area contributed by atoms with Gasteiger partial charge in [0.05, 0.1) is 11.4 Å². The monoisotopic (exact) mass is 616 g/mol. The molecule has 0 aliphatic heterocycles. The van der Waals surface area contributed by atoms with Gasteiger partial charge in [-0.2, -0.15) is 58.1 Å². The Morgan fingerprint density at radius 1 is 0.756 bits per heavy atom. The first-order chi connectivity index (χ1) is 18.7. The fourth-order valence-corrected chi connectivity index (χ4v) is 3.54. The van der Waals surface area contributed by atoms with Crippen LogP contribution in [-0.4, -0.2) is 43.5 Å². The minimum Gasteiger partial charge on any atom is -0.396 e. The van der Waals surface area contributed by atoms with E-state index in [2.05, 4.69) is 20.2 Å². The molecule has 20 heteroatoms. The molecular weight excluding hydrogens is 599 g/mol. The zero-order valence-electron chi connectivity index (χ0n) is 20.5. The van der Waals surface area contributed by atoms with Crippen LogP contribution in [0.3, 0.4) is 0 Å². The van der Waals surface area contributed by atoms with Crippen molar-refractivity contribution in [3.63, 3.8) is 0 Å². The Morgan fingerprint density at radius 3 is 1.61 bits per heavy atom. The van der Waals surface area contributed by atoms with E-state index in [-0.39, 0.29) is 17.1 Å². The molecule has 0 bridgehead atoms. The van der Waals surface area contributed by atoms with Gasteiger partial charge >= 0.3 is 27.9 Å². The number of aryl methyl sites for hydroxylation is 2. The second-order valence-electron chi connectivity index (χ2n) is 8.15. The van der Waals surface area contributed by atoms with E-state index in [1.165, 1.54) is 24.0 Å². The smallest absolute Gasteiger partial charge is 0.396 e. The lowest BCUT2D eigenvalue weighted by atomic mass is 10.3. The summed E-state index contributed by atoms with van der Waals surface area (Å²) in [6.07, 6.45) is -4.62. The number of hydrogen-bond acceptors (Lipinski definition) is 7. The van der Waals surface area contributed by atoms with Gasteiger partial charge in [-0.15, -0.1) is 0 Å². The molecule has 0 amide bonds. The third-order valence-corrected chi connectivity index (χ3v) is 5.88. The number of alkyl halides is 9. The predicted molar refractivity (Wildman–Crippen MR) is 125 cm³/mol. The quantitative estimate of drug-likeness (QED) is 0.307. The maximum absolute atomic E-state index is 12.6. The second-order valence-corrected chi connectivity index (χ2v) is 9.82. The highest BCUT2D eigenvalue weighted by Gasteiger charge is 2.46. The maximum Gasteiger partial charge on any atom is 0.516 e. The highest BCUT2D eigenvalue weighted by atomic mass is 32.2. The highest BCUT2D eigenvalue weighted by Crippen LogP contribution is 2.31. The number of nitrogens with zero attached hydrogens (tertiary/aromatic N) is 6. The van der Waals surface area contributed by atoms with Crippen molar-refractivity contribution >= 4 is 21.4 Å². The minimum atomic E-state index is -5.77. The molecule has 0 unspecified atom stereocenters. The Hall–Kier alpha value is -4.36. The Morgan fingerprint density at radius 2 is 1.20 bits per heavy atom. The topological polar surface area (TPSA) is 134 Å². The van der Waals surface area contributed by atoms with E-state index < -0.39 is 50.8 Å². The maximum atomic E-state index is 12.6. The fraction of sp³-hybridized carbons (Fsp3) is 0.238. The van der Waals surface area contributed by atoms with Crippen molar-refractivity contribution in [2.75, 3.05) is 10.5 Å². The molecule has 3 N–H and O–H groups in total. The highest BCUT2D eigenvalue weighted by molar-refractivity contribution is 7.93. The summed E-state index contributed by atoms with van der Waals surface area (Å²) in [5.41, 5.74) is -1.49. The normalized spacial score (nSPS) is 12.6. The summed E-state index contributed by atoms with van der Waals surface area (Å²) in [7, 11) is -5.77. The molecule has 0 saturated heterocycles. The van der Waals surface area contributed by atoms with Crippen LogP contribution >= 0.6 is 0 Å². The van der Waals surface area contributed by atoms with E-state index in [4.69, 9.17) is 5.73 Å². The minimum absolute atomic E-state index is 0.186. The SMILES string of the molecule is Cc1cnc(-n2ccc(C(F)(F)F)n2)c(N)c1.Cc1cnc(-n2ccc(C(F)(F)F)n2)c(NS(=O)(=O)C(F)(F)F)c1. The van der Waals surface area contributed by atoms with Crippen molar-refractivity contribution in [3.05, 3.63) is 71.6 Å². The number of rotatable bonds is 4. The van der Waals surface area contributed by atoms with Crippen LogP contribution in [-0.2, 0) is 22.4 Å². The molecule has 0 spiro atoms. The predicted octanol–water partition coefficient (Wildman–Crippen LogP) is 5.03. The van der Waals surface area contributed by atoms with Crippen LogP contribution < -0.4 is 10.5 Å². The first kappa shape index (κ1) is 31.2. The summed E-state index contributed by atoms with van der Waals surface area (Å²) in [4.78, 5) is 7.60. The third kappa shape index (κ3) is 7.44. The first-order valence-electron chi connectivity index (χ1n) is 10.7. The molecule has 4 heterocycles. The largest absolute Gasteiger partial charge is 0.516 e. The summed E-state index contributed by atoms with van der Waals surface area (Å²) in [6.45, 7) is 3.20. The van der Waals surface area contributed by atoms with Crippen LogP contribution in [0.15, 0.2) is 49.1 Å². The molecule has 0 radical (unpaired) electrons. The van der Waals surface area contributed by atoms with Gasteiger partial charge in [0.1, 0.15) is 0 Å². The molecule has 0 aromatic carbocycles. The molecule has 0 saturated carbocycles. The lowest BCUT2D eigenvalue weighted by molar-refractivity contribution is -0.142. The molecule has 4 rings (SSSR count). The van der Waals surface area contributed by atoms with E-state index in [0.717, 1.165) is 34.8 Å². The van der Waals surface area contributed by atoms with Gasteiger partial charge in [0.15, 0.2) is 23.0 Å². The molecular formula is C21H17F9N8O2S. The molecule has 41 heavy (non-hydrogen) atoms. The summed E-state index contributed by atoms with van der Waals surface area (Å²) >= 11 is 0.